The van der Waals surface area contributed by atoms with Gasteiger partial charge in [-0.05, 0) is 6.08 Å². The Morgan fingerprint density at radius 3 is 1.19 bits per heavy atom. The molecule has 10 heteroatoms. The molecule has 0 aromatic rings. The lowest BCUT2D eigenvalue weighted by Gasteiger charge is -2.25. The van der Waals surface area contributed by atoms with Gasteiger partial charge < -0.3 is 0 Å². The first kappa shape index (κ1) is 15.0. The zero-order valence-corrected chi connectivity index (χ0v) is 6.93. The van der Waals surface area contributed by atoms with Gasteiger partial charge in [0.25, 0.3) is 0 Å². The third kappa shape index (κ3) is 3.27. The molecule has 16 heavy (non-hydrogen) atoms. The normalized spacial score (nSPS) is 15.9. The van der Waals surface area contributed by atoms with Crippen LogP contribution in [-0.4, -0.2) is 24.2 Å². The summed E-state index contributed by atoms with van der Waals surface area (Å²) >= 11 is 0. The van der Waals surface area contributed by atoms with Crippen molar-refractivity contribution in [3.05, 3.63) is 12.2 Å². The van der Waals surface area contributed by atoms with E-state index in [4.69, 9.17) is 0 Å². The lowest BCUT2D eigenvalue weighted by Crippen LogP contribution is -2.50. The maximum atomic E-state index is 12.2. The molecular weight excluding hydrogens is 262 g/mol. The molecular formula is C6H2F10. The molecule has 0 bridgehead atoms. The van der Waals surface area contributed by atoms with Crippen LogP contribution in [0.3, 0.4) is 0 Å². The fourth-order valence-corrected chi connectivity index (χ4v) is 0.493. The van der Waals surface area contributed by atoms with Crippen molar-refractivity contribution in [2.24, 2.45) is 0 Å². The largest absolute Gasteiger partial charge is 0.460 e. The number of hydrogen-bond donors (Lipinski definition) is 0. The van der Waals surface area contributed by atoms with Gasteiger partial charge in [0.05, 0.1) is 0 Å². The summed E-state index contributed by atoms with van der Waals surface area (Å²) in [6.45, 7) is 0. The van der Waals surface area contributed by atoms with Crippen LogP contribution in [0.15, 0.2) is 12.2 Å². The molecule has 0 N–H and O–H groups in total. The van der Waals surface area contributed by atoms with Crippen molar-refractivity contribution >= 4 is 0 Å². The van der Waals surface area contributed by atoms with Crippen molar-refractivity contribution in [1.82, 2.24) is 0 Å². The number of rotatable bonds is 2. The average Bonchev–Trinajstić information content (AvgIpc) is 1.97. The second-order valence-electron chi connectivity index (χ2n) is 2.57. The van der Waals surface area contributed by atoms with Gasteiger partial charge in [-0.3, -0.25) is 0 Å². The quantitative estimate of drug-likeness (QED) is 0.523. The van der Waals surface area contributed by atoms with Gasteiger partial charge in [-0.2, -0.15) is 43.9 Å². The monoisotopic (exact) mass is 264 g/mol. The van der Waals surface area contributed by atoms with Gasteiger partial charge in [0.15, 0.2) is 0 Å². The van der Waals surface area contributed by atoms with E-state index < -0.39 is 36.3 Å². The predicted molar refractivity (Wildman–Crippen MR) is 31.1 cm³/mol. The topological polar surface area (TPSA) is 0 Å². The third-order valence-corrected chi connectivity index (χ3v) is 1.26. The van der Waals surface area contributed by atoms with Gasteiger partial charge in [-0.15, -0.1) is 0 Å². The molecule has 0 saturated carbocycles. The van der Waals surface area contributed by atoms with Crippen LogP contribution in [-0.2, 0) is 0 Å². The molecule has 0 spiro atoms. The van der Waals surface area contributed by atoms with E-state index in [0.717, 1.165) is 0 Å². The molecule has 0 fully saturated rings. The van der Waals surface area contributed by atoms with Crippen LogP contribution >= 0.6 is 0 Å². The molecule has 0 aromatic heterocycles. The Morgan fingerprint density at radius 2 is 0.938 bits per heavy atom. The lowest BCUT2D eigenvalue weighted by atomic mass is 10.1. The first-order chi connectivity index (χ1) is 6.71. The fraction of sp³-hybridized carbons (Fsp3) is 0.667. The second kappa shape index (κ2) is 3.81. The van der Waals surface area contributed by atoms with Crippen molar-refractivity contribution < 1.29 is 43.9 Å². The molecule has 0 amide bonds. The number of alkyl halides is 10. The minimum Gasteiger partial charge on any atom is -0.195 e. The summed E-state index contributed by atoms with van der Waals surface area (Å²) in [5.74, 6) is -12.5. The molecule has 0 aromatic carbocycles. The van der Waals surface area contributed by atoms with Gasteiger partial charge in [0, 0.05) is 6.08 Å². The molecule has 0 radical (unpaired) electrons. The Hall–Kier alpha value is -0.960. The Kier molecular flexibility index (Phi) is 3.58. The first-order valence-electron chi connectivity index (χ1n) is 3.30. The number of allylic oxidation sites excluding steroid dienone is 2. The summed E-state index contributed by atoms with van der Waals surface area (Å²) in [4.78, 5) is 0. The van der Waals surface area contributed by atoms with Gasteiger partial charge in [-0.25, -0.2) is 0 Å². The molecule has 0 atom stereocenters. The summed E-state index contributed by atoms with van der Waals surface area (Å²) in [7, 11) is 0. The van der Waals surface area contributed by atoms with E-state index in [1.807, 2.05) is 0 Å². The zero-order valence-electron chi connectivity index (χ0n) is 6.93. The molecule has 0 nitrogen and oxygen atoms in total. The fourth-order valence-electron chi connectivity index (χ4n) is 0.493. The number of hydrogen-bond acceptors (Lipinski definition) is 0. The van der Waals surface area contributed by atoms with Gasteiger partial charge in [0.2, 0.25) is 0 Å². The summed E-state index contributed by atoms with van der Waals surface area (Å²) in [6, 6.07) is 0. The number of halogens is 10. The molecule has 0 rings (SSSR count). The highest BCUT2D eigenvalue weighted by Gasteiger charge is 2.72. The minimum absolute atomic E-state index is 1.38. The summed E-state index contributed by atoms with van der Waals surface area (Å²) in [5.41, 5.74) is 0. The molecule has 0 aliphatic rings. The molecule has 96 valence electrons. The van der Waals surface area contributed by atoms with Crippen LogP contribution < -0.4 is 0 Å². The Balaban J connectivity index is 5.15. The van der Waals surface area contributed by atoms with E-state index in [1.165, 1.54) is 0 Å². The highest BCUT2D eigenvalue weighted by molar-refractivity contribution is 5.07. The van der Waals surface area contributed by atoms with Gasteiger partial charge in [-0.1, -0.05) is 0 Å². The Bertz CT molecular complexity index is 266. The van der Waals surface area contributed by atoms with E-state index in [9.17, 15) is 43.9 Å². The van der Waals surface area contributed by atoms with E-state index >= 15 is 0 Å². The second-order valence-corrected chi connectivity index (χ2v) is 2.57. The first-order valence-corrected chi connectivity index (χ1v) is 3.30. The molecule has 0 unspecified atom stereocenters. The van der Waals surface area contributed by atoms with Crippen molar-refractivity contribution in [3.8, 4) is 0 Å². The van der Waals surface area contributed by atoms with E-state index in [2.05, 4.69) is 0 Å². The van der Waals surface area contributed by atoms with Crippen LogP contribution in [0, 0.1) is 0 Å². The van der Waals surface area contributed by atoms with Crippen LogP contribution in [0.5, 0.6) is 0 Å². The van der Waals surface area contributed by atoms with Crippen LogP contribution in [0.4, 0.5) is 43.9 Å². The SMILES string of the molecule is FC(F)(F)C=CC(F)(F)C(F)(F)C(F)(F)F. The summed E-state index contributed by atoms with van der Waals surface area (Å²) in [6.07, 6.45) is -15.0. The lowest BCUT2D eigenvalue weighted by molar-refractivity contribution is -0.342. The van der Waals surface area contributed by atoms with E-state index in [0.29, 0.717) is 0 Å². The van der Waals surface area contributed by atoms with E-state index in [1.54, 1.807) is 0 Å². The smallest absolute Gasteiger partial charge is 0.195 e. The van der Waals surface area contributed by atoms with Gasteiger partial charge >= 0.3 is 24.2 Å². The van der Waals surface area contributed by atoms with Crippen molar-refractivity contribution in [3.63, 3.8) is 0 Å². The summed E-state index contributed by atoms with van der Waals surface area (Å²) in [5, 5.41) is 0. The van der Waals surface area contributed by atoms with Crippen LogP contribution in [0.25, 0.3) is 0 Å². The van der Waals surface area contributed by atoms with Crippen molar-refractivity contribution in [2.75, 3.05) is 0 Å². The minimum atomic E-state index is -6.65. The standard InChI is InChI=1S/C6H2F10/c7-3(8,1-2-4(9,10)11)5(12,13)6(14,15)16/h1-2H. The van der Waals surface area contributed by atoms with Crippen LogP contribution in [0.1, 0.15) is 0 Å². The maximum absolute atomic E-state index is 12.2. The summed E-state index contributed by atoms with van der Waals surface area (Å²) < 4.78 is 117. The average molecular weight is 264 g/mol. The predicted octanol–water partition coefficient (Wildman–Crippen LogP) is 3.94. The molecule has 0 heterocycles. The van der Waals surface area contributed by atoms with Gasteiger partial charge in [0.1, 0.15) is 0 Å². The molecule has 0 aliphatic carbocycles. The highest BCUT2D eigenvalue weighted by Crippen LogP contribution is 2.47. The molecule has 0 aliphatic heterocycles. The van der Waals surface area contributed by atoms with Crippen molar-refractivity contribution in [2.45, 2.75) is 24.2 Å². The Morgan fingerprint density at radius 1 is 0.562 bits per heavy atom. The highest BCUT2D eigenvalue weighted by atomic mass is 19.4. The Labute approximate surface area is 81.5 Å². The third-order valence-electron chi connectivity index (χ3n) is 1.26. The zero-order chi connectivity index (χ0) is 13.4. The molecule has 0 saturated heterocycles. The maximum Gasteiger partial charge on any atom is 0.460 e. The van der Waals surface area contributed by atoms with Crippen molar-refractivity contribution in [1.29, 1.82) is 0 Å². The van der Waals surface area contributed by atoms with Crippen LogP contribution in [0.2, 0.25) is 0 Å². The van der Waals surface area contributed by atoms with E-state index in [-0.39, 0.29) is 0 Å².